The molecule has 0 rings (SSSR count). The van der Waals surface area contributed by atoms with Crippen molar-refractivity contribution >= 4 is 0 Å². The van der Waals surface area contributed by atoms with E-state index in [1.54, 1.807) is 0 Å². The average molecular weight is 121 g/mol. The fraction of sp³-hybridized carbons (Fsp3) is 1.00. The highest BCUT2D eigenvalue weighted by atomic mass is 19.2. The molecule has 0 aliphatic carbocycles. The van der Waals surface area contributed by atoms with Crippen LogP contribution in [0.5, 0.6) is 0 Å². The molecule has 0 aromatic heterocycles. The van der Waals surface area contributed by atoms with E-state index in [-0.39, 0.29) is 0 Å². The molecule has 0 heterocycles. The van der Waals surface area contributed by atoms with Gasteiger partial charge in [0.2, 0.25) is 0 Å². The van der Waals surface area contributed by atoms with Gasteiger partial charge in [0.25, 0.3) is 0 Å². The van der Waals surface area contributed by atoms with E-state index in [0.717, 1.165) is 0 Å². The van der Waals surface area contributed by atoms with Gasteiger partial charge in [-0.1, -0.05) is 0 Å². The van der Waals surface area contributed by atoms with Crippen LogP contribution in [0.4, 0.5) is 4.48 Å². The zero-order valence-electron chi connectivity index (χ0n) is 5.35. The molecule has 0 unspecified atom stereocenters. The van der Waals surface area contributed by atoms with Crippen LogP contribution < -0.4 is 0 Å². The van der Waals surface area contributed by atoms with Crippen molar-refractivity contribution in [1.82, 2.24) is 5.12 Å². The zero-order valence-corrected chi connectivity index (χ0v) is 5.35. The predicted molar refractivity (Wildman–Crippen MR) is 30.2 cm³/mol. The second-order valence-electron chi connectivity index (χ2n) is 1.53. The Morgan fingerprint density at radius 2 is 2.25 bits per heavy atom. The third kappa shape index (κ3) is 5.85. The predicted octanol–water partition coefficient (Wildman–Crippen LogP) is 0.839. The van der Waals surface area contributed by atoms with Gasteiger partial charge in [-0.25, -0.2) is 0 Å². The smallest absolute Gasteiger partial charge is 0.0619 e. The summed E-state index contributed by atoms with van der Waals surface area (Å²) in [6.45, 7) is 3.38. The summed E-state index contributed by atoms with van der Waals surface area (Å²) in [7, 11) is 1.37. The molecular weight excluding hydrogens is 109 g/mol. The van der Waals surface area contributed by atoms with Crippen LogP contribution in [0, 0.1) is 0 Å². The van der Waals surface area contributed by atoms with Crippen LogP contribution in [0.3, 0.4) is 0 Å². The van der Waals surface area contributed by atoms with Crippen molar-refractivity contribution in [3.8, 4) is 0 Å². The van der Waals surface area contributed by atoms with Gasteiger partial charge in [0, 0.05) is 13.7 Å². The van der Waals surface area contributed by atoms with E-state index < -0.39 is 0 Å². The van der Waals surface area contributed by atoms with E-state index in [9.17, 15) is 4.48 Å². The van der Waals surface area contributed by atoms with Gasteiger partial charge < -0.3 is 4.74 Å². The average Bonchev–Trinajstić information content (AvgIpc) is 1.66. The molecule has 0 spiro atoms. The highest BCUT2D eigenvalue weighted by molar-refractivity contribution is 4.32. The molecule has 0 aromatic carbocycles. The minimum Gasteiger partial charge on any atom is -0.380 e. The molecule has 2 nitrogen and oxygen atoms in total. The summed E-state index contributed by atoms with van der Waals surface area (Å²) in [5, 5.41) is 0.607. The van der Waals surface area contributed by atoms with Crippen molar-refractivity contribution in [2.75, 3.05) is 26.8 Å². The molecule has 0 aromatic rings. The summed E-state index contributed by atoms with van der Waals surface area (Å²) >= 11 is 0. The maximum atomic E-state index is 11.8. The van der Waals surface area contributed by atoms with Crippen molar-refractivity contribution in [2.45, 2.75) is 6.92 Å². The SMILES string of the molecule is CCOCCN(C)F. The lowest BCUT2D eigenvalue weighted by Crippen LogP contribution is -2.13. The second kappa shape index (κ2) is 5.00. The van der Waals surface area contributed by atoms with Gasteiger partial charge in [-0.3, -0.25) is 0 Å². The zero-order chi connectivity index (χ0) is 6.41. The van der Waals surface area contributed by atoms with Crippen LogP contribution >= 0.6 is 0 Å². The van der Waals surface area contributed by atoms with Crippen molar-refractivity contribution in [3.05, 3.63) is 0 Å². The standard InChI is InChI=1S/C5H12FNO/c1-3-8-5-4-7(2)6/h3-5H2,1-2H3. The van der Waals surface area contributed by atoms with Crippen LogP contribution in [0.25, 0.3) is 0 Å². The summed E-state index contributed by atoms with van der Waals surface area (Å²) in [4.78, 5) is 0. The highest BCUT2D eigenvalue weighted by Gasteiger charge is 1.90. The Morgan fingerprint density at radius 3 is 2.62 bits per heavy atom. The number of hydrogen-bond donors (Lipinski definition) is 0. The molecule has 0 radical (unpaired) electrons. The van der Waals surface area contributed by atoms with Gasteiger partial charge in [0.05, 0.1) is 13.2 Å². The molecule has 0 aliphatic rings. The molecule has 0 bridgehead atoms. The van der Waals surface area contributed by atoms with Crippen LogP contribution in [0.15, 0.2) is 0 Å². The van der Waals surface area contributed by atoms with Crippen LogP contribution in [-0.4, -0.2) is 31.9 Å². The van der Waals surface area contributed by atoms with Gasteiger partial charge in [-0.2, -0.15) is 0 Å². The fourth-order valence-electron chi connectivity index (χ4n) is 0.335. The largest absolute Gasteiger partial charge is 0.380 e. The van der Waals surface area contributed by atoms with Gasteiger partial charge in [0.1, 0.15) is 0 Å². The Labute approximate surface area is 49.2 Å². The van der Waals surface area contributed by atoms with Crippen molar-refractivity contribution in [1.29, 1.82) is 0 Å². The molecular formula is C5H12FNO. The lowest BCUT2D eigenvalue weighted by Gasteiger charge is -2.02. The Balaban J connectivity index is 2.72. The first kappa shape index (κ1) is 7.85. The van der Waals surface area contributed by atoms with Gasteiger partial charge >= 0.3 is 0 Å². The molecule has 0 fully saturated rings. The van der Waals surface area contributed by atoms with Crippen LogP contribution in [-0.2, 0) is 4.74 Å². The Morgan fingerprint density at radius 1 is 1.62 bits per heavy atom. The lowest BCUT2D eigenvalue weighted by molar-refractivity contribution is 0.0208. The number of likely N-dealkylation sites (N-methyl/N-ethyl adjacent to an activating group) is 1. The van der Waals surface area contributed by atoms with E-state index in [4.69, 9.17) is 4.74 Å². The first-order valence-corrected chi connectivity index (χ1v) is 2.72. The van der Waals surface area contributed by atoms with E-state index in [0.29, 0.717) is 24.9 Å². The molecule has 0 saturated heterocycles. The molecule has 0 atom stereocenters. The molecule has 50 valence electrons. The first-order valence-electron chi connectivity index (χ1n) is 2.72. The second-order valence-corrected chi connectivity index (χ2v) is 1.53. The number of ether oxygens (including phenoxy) is 1. The minimum absolute atomic E-state index is 0.355. The summed E-state index contributed by atoms with van der Waals surface area (Å²) in [6.07, 6.45) is 0. The van der Waals surface area contributed by atoms with Crippen molar-refractivity contribution in [3.63, 3.8) is 0 Å². The molecule has 0 amide bonds. The first-order chi connectivity index (χ1) is 3.77. The topological polar surface area (TPSA) is 12.5 Å². The Hall–Kier alpha value is -0.150. The number of rotatable bonds is 4. The molecule has 8 heavy (non-hydrogen) atoms. The summed E-state index contributed by atoms with van der Waals surface area (Å²) < 4.78 is 16.6. The summed E-state index contributed by atoms with van der Waals surface area (Å²) in [5.74, 6) is 0. The van der Waals surface area contributed by atoms with Gasteiger partial charge in [0.15, 0.2) is 0 Å². The fourth-order valence-corrected chi connectivity index (χ4v) is 0.335. The normalized spacial score (nSPS) is 10.5. The molecule has 0 saturated carbocycles. The van der Waals surface area contributed by atoms with Gasteiger partial charge in [-0.15, -0.1) is 9.60 Å². The lowest BCUT2D eigenvalue weighted by atomic mass is 10.7. The Bertz CT molecular complexity index is 49.7. The van der Waals surface area contributed by atoms with Crippen LogP contribution in [0.2, 0.25) is 0 Å². The molecule has 0 N–H and O–H groups in total. The van der Waals surface area contributed by atoms with E-state index in [1.165, 1.54) is 7.05 Å². The van der Waals surface area contributed by atoms with Crippen molar-refractivity contribution in [2.24, 2.45) is 0 Å². The van der Waals surface area contributed by atoms with E-state index >= 15 is 0 Å². The molecule has 0 aliphatic heterocycles. The summed E-state index contributed by atoms with van der Waals surface area (Å²) in [5.41, 5.74) is 0. The number of hydrogen-bond acceptors (Lipinski definition) is 2. The monoisotopic (exact) mass is 121 g/mol. The van der Waals surface area contributed by atoms with E-state index in [1.807, 2.05) is 6.92 Å². The van der Waals surface area contributed by atoms with Crippen molar-refractivity contribution < 1.29 is 9.22 Å². The number of halogens is 1. The van der Waals surface area contributed by atoms with Gasteiger partial charge in [-0.05, 0) is 6.92 Å². The highest BCUT2D eigenvalue weighted by Crippen LogP contribution is 1.80. The maximum Gasteiger partial charge on any atom is 0.0619 e. The Kier molecular flexibility index (Phi) is 4.90. The molecule has 3 heteroatoms. The quantitative estimate of drug-likeness (QED) is 0.403. The van der Waals surface area contributed by atoms with Crippen LogP contribution in [0.1, 0.15) is 6.92 Å². The third-order valence-electron chi connectivity index (χ3n) is 0.748. The summed E-state index contributed by atoms with van der Waals surface area (Å²) in [6, 6.07) is 0. The number of nitrogens with zero attached hydrogens (tertiary/aromatic N) is 1. The third-order valence-corrected chi connectivity index (χ3v) is 0.748. The maximum absolute atomic E-state index is 11.8. The minimum atomic E-state index is 0.355. The van der Waals surface area contributed by atoms with E-state index in [2.05, 4.69) is 0 Å².